The van der Waals surface area contributed by atoms with Crippen LogP contribution in [0.2, 0.25) is 0 Å². The summed E-state index contributed by atoms with van der Waals surface area (Å²) in [6, 6.07) is 0. The van der Waals surface area contributed by atoms with Gasteiger partial charge in [0.05, 0.1) is 24.6 Å². The van der Waals surface area contributed by atoms with Gasteiger partial charge in [0.2, 0.25) is 0 Å². The molecule has 1 unspecified atom stereocenters. The summed E-state index contributed by atoms with van der Waals surface area (Å²) in [5.74, 6) is 1.33. The smallest absolute Gasteiger partial charge is 0.312 e. The Morgan fingerprint density at radius 1 is 1.71 bits per heavy atom. The lowest BCUT2D eigenvalue weighted by Crippen LogP contribution is -2.64. The minimum atomic E-state index is -0.301. The summed E-state index contributed by atoms with van der Waals surface area (Å²) >= 11 is 0. The molecule has 14 heavy (non-hydrogen) atoms. The van der Waals surface area contributed by atoms with Gasteiger partial charge in [0.1, 0.15) is 6.26 Å². The van der Waals surface area contributed by atoms with E-state index in [0.717, 1.165) is 12.8 Å². The molecule has 0 N–H and O–H groups in total. The van der Waals surface area contributed by atoms with E-state index < -0.39 is 0 Å². The average molecular weight is 193 g/mol. The average Bonchev–Trinajstić information content (AvgIpc) is 2.52. The Kier molecular flexibility index (Phi) is 1.36. The molecule has 0 aromatic carbocycles. The summed E-state index contributed by atoms with van der Waals surface area (Å²) in [4.78, 5) is 15.7. The molecule has 4 nitrogen and oxygen atoms in total. The fraction of sp³-hybridized carbons (Fsp3) is 0.600. The third-order valence-corrected chi connectivity index (χ3v) is 3.63. The van der Waals surface area contributed by atoms with E-state index in [-0.39, 0.29) is 17.3 Å². The zero-order chi connectivity index (χ0) is 9.76. The van der Waals surface area contributed by atoms with Crippen LogP contribution in [0.25, 0.3) is 0 Å². The van der Waals surface area contributed by atoms with Crippen molar-refractivity contribution >= 4 is 5.97 Å². The standard InChI is InChI=1S/C10H11NO3/c1-13-9(12)10-4-6(5-10)7(10)8-11-2-3-14-8/h2-3,6-7H,4-5H2,1H3. The molecule has 1 aromatic heterocycles. The van der Waals surface area contributed by atoms with E-state index in [1.807, 2.05) is 0 Å². The van der Waals surface area contributed by atoms with Gasteiger partial charge in [0, 0.05) is 0 Å². The van der Waals surface area contributed by atoms with Crippen molar-refractivity contribution in [2.45, 2.75) is 18.8 Å². The van der Waals surface area contributed by atoms with Gasteiger partial charge in [-0.15, -0.1) is 0 Å². The zero-order valence-electron chi connectivity index (χ0n) is 7.90. The number of oxazole rings is 1. The van der Waals surface area contributed by atoms with Gasteiger partial charge in [0.25, 0.3) is 0 Å². The summed E-state index contributed by atoms with van der Waals surface area (Å²) in [6.07, 6.45) is 5.05. The number of hydrogen-bond donors (Lipinski definition) is 0. The largest absolute Gasteiger partial charge is 0.469 e. The number of esters is 1. The maximum Gasteiger partial charge on any atom is 0.312 e. The van der Waals surface area contributed by atoms with Crippen LogP contribution in [-0.2, 0) is 9.53 Å². The predicted octanol–water partition coefficient (Wildman–Crippen LogP) is 1.34. The van der Waals surface area contributed by atoms with Crippen molar-refractivity contribution in [3.05, 3.63) is 18.4 Å². The van der Waals surface area contributed by atoms with Gasteiger partial charge in [-0.05, 0) is 18.8 Å². The number of carbonyl (C=O) groups excluding carboxylic acids is 1. The van der Waals surface area contributed by atoms with Crippen molar-refractivity contribution in [1.29, 1.82) is 0 Å². The molecule has 3 saturated carbocycles. The molecule has 1 heterocycles. The van der Waals surface area contributed by atoms with E-state index in [4.69, 9.17) is 9.15 Å². The highest BCUT2D eigenvalue weighted by Crippen LogP contribution is 2.73. The van der Waals surface area contributed by atoms with E-state index in [9.17, 15) is 4.79 Å². The highest BCUT2D eigenvalue weighted by molar-refractivity contribution is 5.82. The Morgan fingerprint density at radius 2 is 2.50 bits per heavy atom. The van der Waals surface area contributed by atoms with Crippen molar-refractivity contribution in [3.63, 3.8) is 0 Å². The highest BCUT2D eigenvalue weighted by Gasteiger charge is 2.72. The number of rotatable bonds is 2. The number of nitrogens with zero attached hydrogens (tertiary/aromatic N) is 1. The van der Waals surface area contributed by atoms with Crippen LogP contribution in [0.3, 0.4) is 0 Å². The van der Waals surface area contributed by atoms with Crippen molar-refractivity contribution in [2.24, 2.45) is 11.3 Å². The SMILES string of the molecule is COC(=O)C12CC(C1)C2c1ncco1. The van der Waals surface area contributed by atoms with Crippen LogP contribution in [0, 0.1) is 11.3 Å². The molecule has 74 valence electrons. The molecule has 0 radical (unpaired) electrons. The number of aromatic nitrogens is 1. The first-order chi connectivity index (χ1) is 6.78. The molecule has 2 bridgehead atoms. The third-order valence-electron chi connectivity index (χ3n) is 3.63. The van der Waals surface area contributed by atoms with Crippen LogP contribution in [0.5, 0.6) is 0 Å². The predicted molar refractivity (Wildman–Crippen MR) is 46.4 cm³/mol. The molecule has 3 aliphatic carbocycles. The van der Waals surface area contributed by atoms with Crippen LogP contribution < -0.4 is 0 Å². The fourth-order valence-corrected chi connectivity index (χ4v) is 2.82. The molecular formula is C10H11NO3. The van der Waals surface area contributed by atoms with Gasteiger partial charge in [-0.3, -0.25) is 4.79 Å². The van der Waals surface area contributed by atoms with E-state index in [1.54, 1.807) is 12.5 Å². The minimum absolute atomic E-state index is 0.108. The zero-order valence-corrected chi connectivity index (χ0v) is 7.90. The second-order valence-electron chi connectivity index (χ2n) is 4.16. The van der Waals surface area contributed by atoms with Gasteiger partial charge >= 0.3 is 5.97 Å². The lowest BCUT2D eigenvalue weighted by atomic mass is 9.37. The summed E-state index contributed by atoms with van der Waals surface area (Å²) in [7, 11) is 1.44. The molecule has 4 rings (SSSR count). The lowest BCUT2D eigenvalue weighted by molar-refractivity contribution is -0.202. The minimum Gasteiger partial charge on any atom is -0.469 e. The van der Waals surface area contributed by atoms with Crippen LogP contribution in [0.15, 0.2) is 16.9 Å². The lowest BCUT2D eigenvalue weighted by Gasteiger charge is -2.64. The Balaban J connectivity index is 1.88. The molecule has 0 spiro atoms. The van der Waals surface area contributed by atoms with E-state index in [2.05, 4.69) is 4.98 Å². The summed E-state index contributed by atoms with van der Waals surface area (Å²) in [6.45, 7) is 0. The quantitative estimate of drug-likeness (QED) is 0.665. The van der Waals surface area contributed by atoms with Crippen molar-refractivity contribution in [3.8, 4) is 0 Å². The molecule has 3 fully saturated rings. The molecule has 1 aromatic rings. The van der Waals surface area contributed by atoms with Gasteiger partial charge < -0.3 is 9.15 Å². The number of carbonyl (C=O) groups is 1. The number of ether oxygens (including phenoxy) is 1. The Morgan fingerprint density at radius 3 is 2.93 bits per heavy atom. The maximum absolute atomic E-state index is 11.6. The summed E-state index contributed by atoms with van der Waals surface area (Å²) in [5, 5.41) is 0. The number of hydrogen-bond acceptors (Lipinski definition) is 4. The Hall–Kier alpha value is -1.32. The molecule has 0 saturated heterocycles. The second kappa shape index (κ2) is 2.38. The van der Waals surface area contributed by atoms with E-state index in [1.165, 1.54) is 7.11 Å². The molecular weight excluding hydrogens is 182 g/mol. The maximum atomic E-state index is 11.6. The van der Waals surface area contributed by atoms with Crippen LogP contribution >= 0.6 is 0 Å². The Labute approximate surface area is 81.3 Å². The van der Waals surface area contributed by atoms with Crippen LogP contribution in [0.4, 0.5) is 0 Å². The Bertz CT molecular complexity index is 365. The normalized spacial score (nSPS) is 38.4. The monoisotopic (exact) mass is 193 g/mol. The van der Waals surface area contributed by atoms with Crippen molar-refractivity contribution in [2.75, 3.05) is 7.11 Å². The third kappa shape index (κ3) is 0.705. The molecule has 1 atom stereocenters. The van der Waals surface area contributed by atoms with Crippen molar-refractivity contribution < 1.29 is 13.9 Å². The molecule has 0 aliphatic heterocycles. The molecule has 4 heteroatoms. The van der Waals surface area contributed by atoms with E-state index >= 15 is 0 Å². The van der Waals surface area contributed by atoms with E-state index in [0.29, 0.717) is 11.8 Å². The molecule has 3 aliphatic rings. The van der Waals surface area contributed by atoms with Crippen LogP contribution in [0.1, 0.15) is 24.7 Å². The first-order valence-corrected chi connectivity index (χ1v) is 4.76. The van der Waals surface area contributed by atoms with Gasteiger partial charge in [-0.25, -0.2) is 4.98 Å². The fourth-order valence-electron chi connectivity index (χ4n) is 2.82. The topological polar surface area (TPSA) is 52.3 Å². The summed E-state index contributed by atoms with van der Waals surface area (Å²) in [5.41, 5.74) is -0.301. The number of methoxy groups -OCH3 is 1. The van der Waals surface area contributed by atoms with Gasteiger partial charge in [0.15, 0.2) is 5.89 Å². The first kappa shape index (κ1) is 8.03. The second-order valence-corrected chi connectivity index (χ2v) is 4.16. The highest BCUT2D eigenvalue weighted by atomic mass is 16.5. The van der Waals surface area contributed by atoms with Crippen LogP contribution in [-0.4, -0.2) is 18.1 Å². The summed E-state index contributed by atoms with van der Waals surface area (Å²) < 4.78 is 10.1. The molecule has 0 amide bonds. The van der Waals surface area contributed by atoms with Gasteiger partial charge in [-0.1, -0.05) is 0 Å². The van der Waals surface area contributed by atoms with Gasteiger partial charge in [-0.2, -0.15) is 0 Å². The van der Waals surface area contributed by atoms with Crippen molar-refractivity contribution in [1.82, 2.24) is 4.98 Å². The first-order valence-electron chi connectivity index (χ1n) is 4.76.